The highest BCUT2D eigenvalue weighted by molar-refractivity contribution is 5.27. The van der Waals surface area contributed by atoms with Crippen LogP contribution in [-0.2, 0) is 13.0 Å². The average molecular weight is 202 g/mol. The smallest absolute Gasteiger partial charge is 0.218 e. The van der Waals surface area contributed by atoms with Gasteiger partial charge in [-0.2, -0.15) is 5.10 Å². The summed E-state index contributed by atoms with van der Waals surface area (Å²) >= 11 is 0. The van der Waals surface area contributed by atoms with Crippen LogP contribution in [0.4, 0.5) is 5.95 Å². The minimum absolute atomic E-state index is 0.703. The Morgan fingerprint density at radius 1 is 1.20 bits per heavy atom. The number of nitrogens with zero attached hydrogens (tertiary/aromatic N) is 2. The highest BCUT2D eigenvalue weighted by Gasteiger charge is 1.95. The molecule has 78 valence electrons. The molecule has 0 radical (unpaired) electrons. The maximum atomic E-state index is 3.99. The summed E-state index contributed by atoms with van der Waals surface area (Å²) in [7, 11) is 0. The molecule has 0 spiro atoms. The Morgan fingerprint density at radius 2 is 1.93 bits per heavy atom. The molecule has 1 aromatic carbocycles. The van der Waals surface area contributed by atoms with E-state index in [4.69, 9.17) is 0 Å². The summed E-state index contributed by atoms with van der Waals surface area (Å²) in [6.45, 7) is 2.92. The highest BCUT2D eigenvalue weighted by Crippen LogP contribution is 2.06. The van der Waals surface area contributed by atoms with Gasteiger partial charge in [0.1, 0.15) is 6.33 Å². The maximum Gasteiger partial charge on any atom is 0.218 e. The predicted octanol–water partition coefficient (Wildman–Crippen LogP) is 1.98. The van der Waals surface area contributed by atoms with E-state index in [1.165, 1.54) is 17.5 Å². The summed E-state index contributed by atoms with van der Waals surface area (Å²) in [5.41, 5.74) is 2.60. The van der Waals surface area contributed by atoms with Crippen molar-refractivity contribution in [3.63, 3.8) is 0 Å². The van der Waals surface area contributed by atoms with E-state index in [0.29, 0.717) is 5.95 Å². The lowest BCUT2D eigenvalue weighted by molar-refractivity contribution is 1.04. The van der Waals surface area contributed by atoms with Gasteiger partial charge in [-0.15, -0.1) is 0 Å². The molecule has 0 saturated carbocycles. The number of rotatable bonds is 4. The van der Waals surface area contributed by atoms with Crippen LogP contribution < -0.4 is 5.32 Å². The molecule has 2 aromatic rings. The first kappa shape index (κ1) is 9.71. The van der Waals surface area contributed by atoms with Gasteiger partial charge in [0.2, 0.25) is 5.95 Å². The van der Waals surface area contributed by atoms with Crippen LogP contribution in [0.15, 0.2) is 30.6 Å². The maximum absolute atomic E-state index is 3.99. The van der Waals surface area contributed by atoms with E-state index in [-0.39, 0.29) is 0 Å². The van der Waals surface area contributed by atoms with Crippen LogP contribution in [0, 0.1) is 0 Å². The molecule has 0 atom stereocenters. The third kappa shape index (κ3) is 2.56. The van der Waals surface area contributed by atoms with Crippen LogP contribution in [0.2, 0.25) is 0 Å². The molecule has 1 aromatic heterocycles. The van der Waals surface area contributed by atoms with Crippen molar-refractivity contribution in [2.45, 2.75) is 19.9 Å². The molecule has 2 N–H and O–H groups in total. The topological polar surface area (TPSA) is 53.6 Å². The Morgan fingerprint density at radius 3 is 2.53 bits per heavy atom. The molecular formula is C11H14N4. The van der Waals surface area contributed by atoms with Crippen LogP contribution in [0.25, 0.3) is 0 Å². The second-order valence-electron chi connectivity index (χ2n) is 3.36. The molecule has 0 bridgehead atoms. The van der Waals surface area contributed by atoms with E-state index in [1.807, 2.05) is 0 Å². The van der Waals surface area contributed by atoms with E-state index in [1.54, 1.807) is 0 Å². The summed E-state index contributed by atoms with van der Waals surface area (Å²) in [5.74, 6) is 0.703. The van der Waals surface area contributed by atoms with Crippen molar-refractivity contribution < 1.29 is 0 Å². The number of aromatic amines is 1. The normalized spacial score (nSPS) is 10.2. The van der Waals surface area contributed by atoms with Gasteiger partial charge in [-0.3, -0.25) is 0 Å². The lowest BCUT2D eigenvalue weighted by Crippen LogP contribution is -2.00. The fourth-order valence-corrected chi connectivity index (χ4v) is 1.37. The van der Waals surface area contributed by atoms with Crippen molar-refractivity contribution in [2.24, 2.45) is 0 Å². The van der Waals surface area contributed by atoms with Gasteiger partial charge in [0.15, 0.2) is 0 Å². The Balaban J connectivity index is 1.93. The van der Waals surface area contributed by atoms with Gasteiger partial charge in [0.25, 0.3) is 0 Å². The van der Waals surface area contributed by atoms with Crippen LogP contribution in [-0.4, -0.2) is 15.2 Å². The Labute approximate surface area is 88.8 Å². The molecule has 0 fully saturated rings. The summed E-state index contributed by atoms with van der Waals surface area (Å²) in [6, 6.07) is 8.55. The third-order valence-electron chi connectivity index (χ3n) is 2.31. The predicted molar refractivity (Wildman–Crippen MR) is 59.5 cm³/mol. The van der Waals surface area contributed by atoms with E-state index in [2.05, 4.69) is 51.7 Å². The van der Waals surface area contributed by atoms with E-state index < -0.39 is 0 Å². The standard InChI is InChI=1S/C11H14N4/c1-2-9-3-5-10(6-4-9)7-12-11-13-8-14-15-11/h3-6,8H,2,7H2,1H3,(H2,12,13,14,15). The molecule has 0 unspecified atom stereocenters. The second-order valence-corrected chi connectivity index (χ2v) is 3.36. The minimum Gasteiger partial charge on any atom is -0.351 e. The van der Waals surface area contributed by atoms with E-state index in [0.717, 1.165) is 13.0 Å². The molecular weight excluding hydrogens is 188 g/mol. The average Bonchev–Trinajstić information content (AvgIpc) is 2.80. The van der Waals surface area contributed by atoms with Gasteiger partial charge >= 0.3 is 0 Å². The summed E-state index contributed by atoms with van der Waals surface area (Å²) in [5, 5.41) is 9.67. The quantitative estimate of drug-likeness (QED) is 0.797. The van der Waals surface area contributed by atoms with Crippen LogP contribution in [0.3, 0.4) is 0 Å². The first-order valence-electron chi connectivity index (χ1n) is 5.05. The highest BCUT2D eigenvalue weighted by atomic mass is 15.3. The number of benzene rings is 1. The van der Waals surface area contributed by atoms with Gasteiger partial charge in [0, 0.05) is 6.54 Å². The summed E-state index contributed by atoms with van der Waals surface area (Å²) in [6.07, 6.45) is 2.57. The summed E-state index contributed by atoms with van der Waals surface area (Å²) < 4.78 is 0. The molecule has 15 heavy (non-hydrogen) atoms. The molecule has 0 aliphatic carbocycles. The molecule has 0 saturated heterocycles. The van der Waals surface area contributed by atoms with Gasteiger partial charge in [-0.05, 0) is 17.5 Å². The van der Waals surface area contributed by atoms with Crippen molar-refractivity contribution >= 4 is 5.95 Å². The van der Waals surface area contributed by atoms with Gasteiger partial charge in [-0.25, -0.2) is 10.1 Å². The Hall–Kier alpha value is -1.84. The van der Waals surface area contributed by atoms with Gasteiger partial charge in [-0.1, -0.05) is 31.2 Å². The first-order valence-corrected chi connectivity index (χ1v) is 5.05. The van der Waals surface area contributed by atoms with Gasteiger partial charge in [0.05, 0.1) is 0 Å². The van der Waals surface area contributed by atoms with E-state index >= 15 is 0 Å². The fraction of sp³-hybridized carbons (Fsp3) is 0.273. The largest absolute Gasteiger partial charge is 0.351 e. The zero-order valence-electron chi connectivity index (χ0n) is 8.70. The molecule has 4 nitrogen and oxygen atoms in total. The minimum atomic E-state index is 0.703. The lowest BCUT2D eigenvalue weighted by Gasteiger charge is -2.03. The number of H-pyrrole nitrogens is 1. The molecule has 2 rings (SSSR count). The SMILES string of the molecule is CCc1ccc(CNc2ncn[nH]2)cc1. The zero-order valence-corrected chi connectivity index (χ0v) is 8.70. The van der Waals surface area contributed by atoms with Crippen molar-refractivity contribution in [1.82, 2.24) is 15.2 Å². The number of hydrogen-bond acceptors (Lipinski definition) is 3. The fourth-order valence-electron chi connectivity index (χ4n) is 1.37. The van der Waals surface area contributed by atoms with Gasteiger partial charge < -0.3 is 5.32 Å². The first-order chi connectivity index (χ1) is 7.38. The molecule has 1 heterocycles. The zero-order chi connectivity index (χ0) is 10.5. The molecule has 4 heteroatoms. The Kier molecular flexibility index (Phi) is 2.97. The van der Waals surface area contributed by atoms with Crippen molar-refractivity contribution in [1.29, 1.82) is 0 Å². The molecule has 0 amide bonds. The van der Waals surface area contributed by atoms with E-state index in [9.17, 15) is 0 Å². The van der Waals surface area contributed by atoms with Crippen molar-refractivity contribution in [2.75, 3.05) is 5.32 Å². The van der Waals surface area contributed by atoms with Crippen molar-refractivity contribution in [3.8, 4) is 0 Å². The third-order valence-corrected chi connectivity index (χ3v) is 2.31. The monoisotopic (exact) mass is 202 g/mol. The van der Waals surface area contributed by atoms with Crippen LogP contribution in [0.5, 0.6) is 0 Å². The molecule has 0 aliphatic rings. The summed E-state index contributed by atoms with van der Waals surface area (Å²) in [4.78, 5) is 3.99. The number of nitrogens with one attached hydrogen (secondary N) is 2. The lowest BCUT2D eigenvalue weighted by atomic mass is 10.1. The Bertz CT molecular complexity index is 391. The number of anilines is 1. The number of aromatic nitrogens is 3. The van der Waals surface area contributed by atoms with Crippen molar-refractivity contribution in [3.05, 3.63) is 41.7 Å². The number of aryl methyl sites for hydroxylation is 1. The molecule has 0 aliphatic heterocycles. The number of hydrogen-bond donors (Lipinski definition) is 2. The van der Waals surface area contributed by atoms with Crippen LogP contribution >= 0.6 is 0 Å². The van der Waals surface area contributed by atoms with Crippen LogP contribution in [0.1, 0.15) is 18.1 Å². The second kappa shape index (κ2) is 4.59.